The summed E-state index contributed by atoms with van der Waals surface area (Å²) < 4.78 is 0. The highest BCUT2D eigenvalue weighted by Gasteiger charge is 1.82. The maximum atomic E-state index is 9.71. The van der Waals surface area contributed by atoms with Crippen molar-refractivity contribution < 1.29 is 4.92 Å². The molecule has 0 spiro atoms. The molecule has 0 unspecified atom stereocenters. The van der Waals surface area contributed by atoms with Gasteiger partial charge >= 0.3 is 0 Å². The summed E-state index contributed by atoms with van der Waals surface area (Å²) in [4.78, 5) is 9.22. The standard InChI is InChI=1S/C6H12N2O2.C6H6/c1-2-3-4-7-5-6-8(9)10;1-2-4-6-5-3-1/h5-7H,2-4H2,1H3;1-6H. The number of unbranched alkanes of at least 4 members (excludes halogenated alkanes) is 1. The van der Waals surface area contributed by atoms with Gasteiger partial charge in [0, 0.05) is 6.54 Å². The Balaban J connectivity index is 0.000000315. The third kappa shape index (κ3) is 12.2. The van der Waals surface area contributed by atoms with Gasteiger partial charge in [-0.25, -0.2) is 0 Å². The zero-order chi connectivity index (χ0) is 12.1. The highest BCUT2D eigenvalue weighted by Crippen LogP contribution is 1.81. The first-order valence-corrected chi connectivity index (χ1v) is 5.31. The van der Waals surface area contributed by atoms with Crippen LogP contribution in [0.15, 0.2) is 48.8 Å². The Bertz CT molecular complexity index is 260. The molecule has 0 heterocycles. The van der Waals surface area contributed by atoms with E-state index in [2.05, 4.69) is 12.2 Å². The van der Waals surface area contributed by atoms with Crippen LogP contribution in [0.2, 0.25) is 0 Å². The molecular formula is C12H18N2O2. The second-order valence-corrected chi connectivity index (χ2v) is 3.06. The minimum absolute atomic E-state index is 0.487. The molecule has 0 saturated heterocycles. The van der Waals surface area contributed by atoms with Crippen LogP contribution in [-0.4, -0.2) is 11.5 Å². The van der Waals surface area contributed by atoms with Crippen LogP contribution in [-0.2, 0) is 0 Å². The summed E-state index contributed by atoms with van der Waals surface area (Å²) in [7, 11) is 0. The maximum absolute atomic E-state index is 9.71. The first-order valence-electron chi connectivity index (χ1n) is 5.31. The van der Waals surface area contributed by atoms with Crippen molar-refractivity contribution >= 4 is 0 Å². The van der Waals surface area contributed by atoms with Gasteiger partial charge in [0.15, 0.2) is 0 Å². The van der Waals surface area contributed by atoms with Gasteiger partial charge in [-0.2, -0.15) is 0 Å². The Kier molecular flexibility index (Phi) is 9.94. The second-order valence-electron chi connectivity index (χ2n) is 3.06. The van der Waals surface area contributed by atoms with E-state index < -0.39 is 4.92 Å². The molecule has 1 aromatic carbocycles. The van der Waals surface area contributed by atoms with E-state index >= 15 is 0 Å². The number of benzene rings is 1. The van der Waals surface area contributed by atoms with Crippen molar-refractivity contribution in [2.75, 3.05) is 6.54 Å². The van der Waals surface area contributed by atoms with E-state index in [1.54, 1.807) is 0 Å². The summed E-state index contributed by atoms with van der Waals surface area (Å²) >= 11 is 0. The van der Waals surface area contributed by atoms with Gasteiger partial charge in [-0.15, -0.1) is 0 Å². The topological polar surface area (TPSA) is 55.2 Å². The van der Waals surface area contributed by atoms with Crippen molar-refractivity contribution in [2.45, 2.75) is 19.8 Å². The molecule has 16 heavy (non-hydrogen) atoms. The predicted molar refractivity (Wildman–Crippen MR) is 65.5 cm³/mol. The third-order valence-corrected chi connectivity index (χ3v) is 1.66. The number of rotatable bonds is 5. The highest BCUT2D eigenvalue weighted by atomic mass is 16.6. The Morgan fingerprint density at radius 3 is 2.06 bits per heavy atom. The van der Waals surface area contributed by atoms with Gasteiger partial charge in [0.1, 0.15) is 0 Å². The molecule has 0 amide bonds. The quantitative estimate of drug-likeness (QED) is 0.473. The summed E-state index contributed by atoms with van der Waals surface area (Å²) in [5.74, 6) is 0. The summed E-state index contributed by atoms with van der Waals surface area (Å²) in [5.41, 5.74) is 0. The molecule has 0 bridgehead atoms. The van der Waals surface area contributed by atoms with E-state index in [1.807, 2.05) is 36.4 Å². The molecule has 0 aliphatic heterocycles. The lowest BCUT2D eigenvalue weighted by Gasteiger charge is -1.93. The molecule has 0 atom stereocenters. The van der Waals surface area contributed by atoms with Crippen molar-refractivity contribution in [2.24, 2.45) is 0 Å². The molecule has 0 aliphatic carbocycles. The number of hydrogen-bond donors (Lipinski definition) is 1. The molecule has 88 valence electrons. The van der Waals surface area contributed by atoms with Gasteiger partial charge in [0.05, 0.1) is 11.1 Å². The lowest BCUT2D eigenvalue weighted by Crippen LogP contribution is -2.06. The number of nitrogens with one attached hydrogen (secondary N) is 1. The Labute approximate surface area is 96.1 Å². The summed E-state index contributed by atoms with van der Waals surface area (Å²) in [6, 6.07) is 12.0. The second kappa shape index (κ2) is 11.2. The Morgan fingerprint density at radius 1 is 1.19 bits per heavy atom. The fraction of sp³-hybridized carbons (Fsp3) is 0.333. The highest BCUT2D eigenvalue weighted by molar-refractivity contribution is 4.99. The van der Waals surface area contributed by atoms with Crippen LogP contribution < -0.4 is 5.32 Å². The maximum Gasteiger partial charge on any atom is 0.249 e. The zero-order valence-electron chi connectivity index (χ0n) is 9.50. The number of nitro groups is 1. The van der Waals surface area contributed by atoms with Gasteiger partial charge in [-0.05, 0) is 6.42 Å². The molecule has 1 rings (SSSR count). The van der Waals surface area contributed by atoms with E-state index in [1.165, 1.54) is 6.20 Å². The predicted octanol–water partition coefficient (Wildman–Crippen LogP) is 2.81. The average Bonchev–Trinajstić information content (AvgIpc) is 2.31. The van der Waals surface area contributed by atoms with E-state index in [0.717, 1.165) is 25.6 Å². The molecule has 1 N–H and O–H groups in total. The van der Waals surface area contributed by atoms with Crippen LogP contribution in [0, 0.1) is 10.1 Å². The van der Waals surface area contributed by atoms with Crippen LogP contribution in [0.1, 0.15) is 19.8 Å². The van der Waals surface area contributed by atoms with Gasteiger partial charge in [-0.1, -0.05) is 49.7 Å². The van der Waals surface area contributed by atoms with Crippen LogP contribution in [0.4, 0.5) is 0 Å². The van der Waals surface area contributed by atoms with Crippen molar-refractivity contribution in [3.63, 3.8) is 0 Å². The molecule has 0 aromatic heterocycles. The Morgan fingerprint density at radius 2 is 1.69 bits per heavy atom. The SMILES string of the molecule is CCCCNC=C[N+](=O)[O-].c1ccccc1. The lowest BCUT2D eigenvalue weighted by molar-refractivity contribution is -0.402. The fourth-order valence-corrected chi connectivity index (χ4v) is 0.861. The van der Waals surface area contributed by atoms with E-state index in [4.69, 9.17) is 0 Å². The van der Waals surface area contributed by atoms with Crippen LogP contribution in [0.5, 0.6) is 0 Å². The van der Waals surface area contributed by atoms with Crippen LogP contribution in [0.25, 0.3) is 0 Å². The number of hydrogen-bond acceptors (Lipinski definition) is 3. The molecule has 0 aliphatic rings. The van der Waals surface area contributed by atoms with Crippen LogP contribution in [0.3, 0.4) is 0 Å². The van der Waals surface area contributed by atoms with Crippen molar-refractivity contribution in [3.05, 3.63) is 58.9 Å². The summed E-state index contributed by atoms with van der Waals surface area (Å²) in [6.07, 6.45) is 4.40. The van der Waals surface area contributed by atoms with E-state index in [-0.39, 0.29) is 0 Å². The molecule has 0 fully saturated rings. The average molecular weight is 222 g/mol. The summed E-state index contributed by atoms with van der Waals surface area (Å²) in [6.45, 7) is 2.87. The molecular weight excluding hydrogens is 204 g/mol. The zero-order valence-corrected chi connectivity index (χ0v) is 9.50. The smallest absolute Gasteiger partial charge is 0.249 e. The minimum atomic E-state index is -0.487. The normalized spacial score (nSPS) is 9.31. The van der Waals surface area contributed by atoms with Gasteiger partial charge in [0.25, 0.3) is 0 Å². The molecule has 4 nitrogen and oxygen atoms in total. The van der Waals surface area contributed by atoms with Gasteiger partial charge < -0.3 is 5.32 Å². The third-order valence-electron chi connectivity index (χ3n) is 1.66. The number of nitrogens with zero attached hydrogens (tertiary/aromatic N) is 1. The lowest BCUT2D eigenvalue weighted by atomic mass is 10.3. The van der Waals surface area contributed by atoms with Crippen molar-refractivity contribution in [3.8, 4) is 0 Å². The molecule has 0 radical (unpaired) electrons. The van der Waals surface area contributed by atoms with Crippen molar-refractivity contribution in [1.82, 2.24) is 5.32 Å². The van der Waals surface area contributed by atoms with Gasteiger partial charge in [0.2, 0.25) is 6.20 Å². The van der Waals surface area contributed by atoms with E-state index in [9.17, 15) is 10.1 Å². The molecule has 1 aromatic rings. The van der Waals surface area contributed by atoms with Gasteiger partial charge in [-0.3, -0.25) is 10.1 Å². The minimum Gasteiger partial charge on any atom is -0.386 e. The fourth-order valence-electron chi connectivity index (χ4n) is 0.861. The Hall–Kier alpha value is -1.84. The first-order chi connectivity index (χ1) is 7.77. The molecule has 0 saturated carbocycles. The monoisotopic (exact) mass is 222 g/mol. The first kappa shape index (κ1) is 14.2. The van der Waals surface area contributed by atoms with E-state index in [0.29, 0.717) is 0 Å². The van der Waals surface area contributed by atoms with Crippen molar-refractivity contribution in [1.29, 1.82) is 0 Å². The van der Waals surface area contributed by atoms with Crippen LogP contribution >= 0.6 is 0 Å². The molecule has 4 heteroatoms. The largest absolute Gasteiger partial charge is 0.386 e. The summed E-state index contributed by atoms with van der Waals surface area (Å²) in [5, 5.41) is 12.5.